The van der Waals surface area contributed by atoms with Gasteiger partial charge in [0.15, 0.2) is 5.84 Å². The van der Waals surface area contributed by atoms with Gasteiger partial charge in [0.1, 0.15) is 5.75 Å². The molecule has 0 bridgehead atoms. The number of benzene rings is 1. The van der Waals surface area contributed by atoms with Crippen LogP contribution in [-0.4, -0.2) is 17.1 Å². The third kappa shape index (κ3) is 3.93. The highest BCUT2D eigenvalue weighted by Crippen LogP contribution is 2.27. The largest absolute Gasteiger partial charge is 0.490 e. The Bertz CT molecular complexity index is 407. The lowest BCUT2D eigenvalue weighted by molar-refractivity contribution is 0.208. The fourth-order valence-electron chi connectivity index (χ4n) is 1.50. The first-order chi connectivity index (χ1) is 8.08. The summed E-state index contributed by atoms with van der Waals surface area (Å²) in [5.41, 5.74) is 6.15. The molecule has 0 aliphatic rings. The lowest BCUT2D eigenvalue weighted by Gasteiger charge is -2.15. The van der Waals surface area contributed by atoms with Gasteiger partial charge in [-0.3, -0.25) is 0 Å². The highest BCUT2D eigenvalue weighted by Gasteiger charge is 2.08. The second-order valence-electron chi connectivity index (χ2n) is 3.85. The van der Waals surface area contributed by atoms with Crippen LogP contribution in [0.4, 0.5) is 0 Å². The van der Waals surface area contributed by atoms with Crippen LogP contribution in [0.15, 0.2) is 27.8 Å². The SMILES string of the molecule is CCCC(C)Oc1ccc(/C(N)=N/O)cc1Br. The summed E-state index contributed by atoms with van der Waals surface area (Å²) < 4.78 is 6.56. The van der Waals surface area contributed by atoms with Gasteiger partial charge >= 0.3 is 0 Å². The summed E-state index contributed by atoms with van der Waals surface area (Å²) in [5, 5.41) is 11.5. The molecule has 0 aromatic heterocycles. The molecule has 4 nitrogen and oxygen atoms in total. The molecule has 0 heterocycles. The Hall–Kier alpha value is -1.23. The molecule has 0 radical (unpaired) electrons. The van der Waals surface area contributed by atoms with Crippen molar-refractivity contribution in [2.45, 2.75) is 32.8 Å². The summed E-state index contributed by atoms with van der Waals surface area (Å²) in [5.74, 6) is 0.847. The van der Waals surface area contributed by atoms with Crippen molar-refractivity contribution in [3.8, 4) is 5.75 Å². The lowest BCUT2D eigenvalue weighted by Crippen LogP contribution is -2.14. The van der Waals surface area contributed by atoms with Crippen molar-refractivity contribution in [1.82, 2.24) is 0 Å². The normalized spacial score (nSPS) is 13.5. The molecule has 1 aromatic carbocycles. The Morgan fingerprint density at radius 1 is 1.59 bits per heavy atom. The highest BCUT2D eigenvalue weighted by molar-refractivity contribution is 9.10. The van der Waals surface area contributed by atoms with E-state index >= 15 is 0 Å². The molecule has 0 aliphatic heterocycles. The van der Waals surface area contributed by atoms with Crippen molar-refractivity contribution in [3.63, 3.8) is 0 Å². The Labute approximate surface area is 110 Å². The first-order valence-corrected chi connectivity index (χ1v) is 6.31. The number of rotatable bonds is 5. The summed E-state index contributed by atoms with van der Waals surface area (Å²) in [6, 6.07) is 5.33. The minimum atomic E-state index is 0.0823. The van der Waals surface area contributed by atoms with E-state index in [2.05, 4.69) is 28.0 Å². The molecule has 5 heteroatoms. The third-order valence-corrected chi connectivity index (χ3v) is 2.98. The van der Waals surface area contributed by atoms with Crippen LogP contribution in [-0.2, 0) is 0 Å². The predicted molar refractivity (Wildman–Crippen MR) is 71.7 cm³/mol. The molecule has 1 unspecified atom stereocenters. The van der Waals surface area contributed by atoms with Gasteiger partial charge in [0.2, 0.25) is 0 Å². The number of hydrogen-bond donors (Lipinski definition) is 2. The third-order valence-electron chi connectivity index (χ3n) is 2.36. The highest BCUT2D eigenvalue weighted by atomic mass is 79.9. The summed E-state index contributed by atoms with van der Waals surface area (Å²) in [6.07, 6.45) is 2.26. The van der Waals surface area contributed by atoms with E-state index in [-0.39, 0.29) is 11.9 Å². The van der Waals surface area contributed by atoms with E-state index < -0.39 is 0 Å². The van der Waals surface area contributed by atoms with Crippen molar-refractivity contribution in [2.75, 3.05) is 0 Å². The predicted octanol–water partition coefficient (Wildman–Crippen LogP) is 3.11. The molecular formula is C12H17BrN2O2. The number of nitrogens with two attached hydrogens (primary N) is 1. The van der Waals surface area contributed by atoms with Crippen LogP contribution in [0.5, 0.6) is 5.75 Å². The van der Waals surface area contributed by atoms with E-state index in [1.54, 1.807) is 12.1 Å². The van der Waals surface area contributed by atoms with E-state index in [1.807, 2.05) is 13.0 Å². The van der Waals surface area contributed by atoms with Crippen LogP contribution in [0.25, 0.3) is 0 Å². The van der Waals surface area contributed by atoms with Crippen LogP contribution in [0.1, 0.15) is 32.3 Å². The van der Waals surface area contributed by atoms with Gasteiger partial charge in [0.05, 0.1) is 10.6 Å². The maximum absolute atomic E-state index is 8.58. The molecular weight excluding hydrogens is 284 g/mol. The molecule has 1 atom stereocenters. The summed E-state index contributed by atoms with van der Waals surface area (Å²) >= 11 is 3.41. The van der Waals surface area contributed by atoms with Crippen molar-refractivity contribution >= 4 is 21.8 Å². The minimum Gasteiger partial charge on any atom is -0.490 e. The zero-order valence-electron chi connectivity index (χ0n) is 9.98. The fraction of sp³-hybridized carbons (Fsp3) is 0.417. The average Bonchev–Trinajstić information content (AvgIpc) is 2.31. The number of nitrogens with zero attached hydrogens (tertiary/aromatic N) is 1. The van der Waals surface area contributed by atoms with E-state index in [4.69, 9.17) is 15.7 Å². The second-order valence-corrected chi connectivity index (χ2v) is 4.70. The van der Waals surface area contributed by atoms with E-state index in [9.17, 15) is 0 Å². The fourth-order valence-corrected chi connectivity index (χ4v) is 1.97. The van der Waals surface area contributed by atoms with Gasteiger partial charge in [0, 0.05) is 5.56 Å². The maximum Gasteiger partial charge on any atom is 0.170 e. The number of ether oxygens (including phenoxy) is 1. The quantitative estimate of drug-likeness (QED) is 0.380. The van der Waals surface area contributed by atoms with Crippen molar-refractivity contribution in [3.05, 3.63) is 28.2 Å². The Kier molecular flexibility index (Phi) is 5.28. The van der Waals surface area contributed by atoms with Gasteiger partial charge < -0.3 is 15.7 Å². The zero-order chi connectivity index (χ0) is 12.8. The average molecular weight is 301 g/mol. The van der Waals surface area contributed by atoms with Crippen LogP contribution < -0.4 is 10.5 Å². The first kappa shape index (κ1) is 13.8. The van der Waals surface area contributed by atoms with Crippen molar-refractivity contribution in [2.24, 2.45) is 10.9 Å². The van der Waals surface area contributed by atoms with Crippen molar-refractivity contribution in [1.29, 1.82) is 0 Å². The monoisotopic (exact) mass is 300 g/mol. The summed E-state index contributed by atoms with van der Waals surface area (Å²) in [4.78, 5) is 0. The van der Waals surface area contributed by atoms with E-state index in [1.165, 1.54) is 0 Å². The zero-order valence-corrected chi connectivity index (χ0v) is 11.6. The van der Waals surface area contributed by atoms with Crippen LogP contribution in [0, 0.1) is 0 Å². The Morgan fingerprint density at radius 2 is 2.29 bits per heavy atom. The van der Waals surface area contributed by atoms with E-state index in [0.29, 0.717) is 5.56 Å². The maximum atomic E-state index is 8.58. The Balaban J connectivity index is 2.83. The summed E-state index contributed by atoms with van der Waals surface area (Å²) in [6.45, 7) is 4.16. The molecule has 0 amide bonds. The second kappa shape index (κ2) is 6.49. The number of halogens is 1. The van der Waals surface area contributed by atoms with Crippen LogP contribution in [0.2, 0.25) is 0 Å². The lowest BCUT2D eigenvalue weighted by atomic mass is 10.2. The molecule has 0 spiro atoms. The minimum absolute atomic E-state index is 0.0823. The van der Waals surface area contributed by atoms with Crippen LogP contribution >= 0.6 is 15.9 Å². The van der Waals surface area contributed by atoms with Gasteiger partial charge in [-0.1, -0.05) is 18.5 Å². The molecule has 94 valence electrons. The smallest absolute Gasteiger partial charge is 0.170 e. The molecule has 3 N–H and O–H groups in total. The van der Waals surface area contributed by atoms with Gasteiger partial charge in [-0.25, -0.2) is 0 Å². The molecule has 1 rings (SSSR count). The molecule has 1 aromatic rings. The first-order valence-electron chi connectivity index (χ1n) is 5.52. The van der Waals surface area contributed by atoms with Gasteiger partial charge in [-0.2, -0.15) is 0 Å². The number of oxime groups is 1. The standard InChI is InChI=1S/C12H17BrN2O2/c1-3-4-8(2)17-11-6-5-9(7-10(11)13)12(14)15-16/h5-8,16H,3-4H2,1-2H3,(H2,14,15). The summed E-state index contributed by atoms with van der Waals surface area (Å²) in [7, 11) is 0. The van der Waals surface area contributed by atoms with E-state index in [0.717, 1.165) is 23.1 Å². The number of amidine groups is 1. The Morgan fingerprint density at radius 3 is 2.82 bits per heavy atom. The van der Waals surface area contributed by atoms with Gasteiger partial charge in [0.25, 0.3) is 0 Å². The van der Waals surface area contributed by atoms with Crippen LogP contribution in [0.3, 0.4) is 0 Å². The van der Waals surface area contributed by atoms with Gasteiger partial charge in [-0.05, 0) is 47.5 Å². The molecule has 17 heavy (non-hydrogen) atoms. The number of hydrogen-bond acceptors (Lipinski definition) is 3. The molecule has 0 saturated carbocycles. The van der Waals surface area contributed by atoms with Crippen molar-refractivity contribution < 1.29 is 9.94 Å². The topological polar surface area (TPSA) is 67.8 Å². The molecule has 0 saturated heterocycles. The molecule has 0 aliphatic carbocycles. The molecule has 0 fully saturated rings. The van der Waals surface area contributed by atoms with Gasteiger partial charge in [-0.15, -0.1) is 0 Å².